The molecule has 2 unspecified atom stereocenters. The van der Waals surface area contributed by atoms with Crippen LogP contribution in [0.2, 0.25) is 0 Å². The summed E-state index contributed by atoms with van der Waals surface area (Å²) in [4.78, 5) is 24.0. The summed E-state index contributed by atoms with van der Waals surface area (Å²) < 4.78 is 36.3. The van der Waals surface area contributed by atoms with Gasteiger partial charge in [-0.1, -0.05) is 0 Å². The summed E-state index contributed by atoms with van der Waals surface area (Å²) in [5, 5.41) is 5.09. The van der Waals surface area contributed by atoms with Crippen molar-refractivity contribution >= 4 is 11.8 Å². The number of nitrogens with one attached hydrogen (secondary N) is 2. The van der Waals surface area contributed by atoms with Crippen LogP contribution in [0.1, 0.15) is 19.6 Å². The smallest absolute Gasteiger partial charge is 0.261 e. The predicted molar refractivity (Wildman–Crippen MR) is 84.6 cm³/mol. The van der Waals surface area contributed by atoms with Crippen LogP contribution in [0.4, 0.5) is 8.78 Å². The zero-order chi connectivity index (χ0) is 18.4. The molecule has 0 aliphatic carbocycles. The summed E-state index contributed by atoms with van der Waals surface area (Å²) in [5.74, 6) is -2.45. The molecule has 1 aromatic carbocycles. The molecule has 1 heterocycles. The molecule has 0 aliphatic rings. The molecule has 0 saturated heterocycles. The minimum Gasteiger partial charge on any atom is -0.481 e. The van der Waals surface area contributed by atoms with E-state index in [-0.39, 0.29) is 12.3 Å². The minimum absolute atomic E-state index is 0.0106. The number of rotatable bonds is 7. The first-order valence-electron chi connectivity index (χ1n) is 7.59. The first-order chi connectivity index (χ1) is 11.9. The molecule has 134 valence electrons. The van der Waals surface area contributed by atoms with Gasteiger partial charge >= 0.3 is 0 Å². The van der Waals surface area contributed by atoms with Crippen LogP contribution >= 0.6 is 0 Å². The molecular weight excluding hydrogens is 334 g/mol. The Labute approximate surface area is 143 Å². The fraction of sp³-hybridized carbons (Fsp3) is 0.294. The number of benzene rings is 1. The van der Waals surface area contributed by atoms with E-state index < -0.39 is 35.6 Å². The third kappa shape index (κ3) is 5.30. The van der Waals surface area contributed by atoms with Gasteiger partial charge in [0.2, 0.25) is 5.91 Å². The highest BCUT2D eigenvalue weighted by atomic mass is 19.2. The molecule has 2 atom stereocenters. The van der Waals surface area contributed by atoms with Crippen molar-refractivity contribution in [1.29, 1.82) is 0 Å². The summed E-state index contributed by atoms with van der Waals surface area (Å²) in [7, 11) is 0. The number of hydrogen-bond acceptors (Lipinski definition) is 4. The van der Waals surface area contributed by atoms with Gasteiger partial charge in [-0.3, -0.25) is 9.59 Å². The largest absolute Gasteiger partial charge is 0.481 e. The van der Waals surface area contributed by atoms with E-state index in [9.17, 15) is 18.4 Å². The molecule has 2 N–H and O–H groups in total. The van der Waals surface area contributed by atoms with Crippen molar-refractivity contribution in [2.75, 3.05) is 0 Å². The highest BCUT2D eigenvalue weighted by Crippen LogP contribution is 2.16. The summed E-state index contributed by atoms with van der Waals surface area (Å²) in [5.41, 5.74) is 0. The maximum absolute atomic E-state index is 13.1. The van der Waals surface area contributed by atoms with Crippen LogP contribution in [0.5, 0.6) is 5.75 Å². The van der Waals surface area contributed by atoms with Crippen LogP contribution in [-0.4, -0.2) is 24.0 Å². The van der Waals surface area contributed by atoms with Crippen LogP contribution in [0, 0.1) is 11.6 Å². The molecule has 8 heteroatoms. The van der Waals surface area contributed by atoms with E-state index in [4.69, 9.17) is 9.15 Å². The van der Waals surface area contributed by atoms with Gasteiger partial charge in [-0.25, -0.2) is 8.78 Å². The molecule has 0 radical (unpaired) electrons. The van der Waals surface area contributed by atoms with Gasteiger partial charge < -0.3 is 19.8 Å². The summed E-state index contributed by atoms with van der Waals surface area (Å²) >= 11 is 0. The highest BCUT2D eigenvalue weighted by molar-refractivity contribution is 5.89. The van der Waals surface area contributed by atoms with Crippen LogP contribution in [0.3, 0.4) is 0 Å². The molecule has 0 bridgehead atoms. The SMILES string of the molecule is CC(NC(=O)C(C)Oc1ccc(F)c(F)c1)C(=O)NCc1ccco1. The van der Waals surface area contributed by atoms with E-state index in [0.29, 0.717) is 5.76 Å². The van der Waals surface area contributed by atoms with Crippen LogP contribution in [-0.2, 0) is 16.1 Å². The number of carbonyl (C=O) groups excluding carboxylic acids is 2. The number of furan rings is 1. The summed E-state index contributed by atoms with van der Waals surface area (Å²) in [6.07, 6.45) is 0.495. The van der Waals surface area contributed by atoms with Gasteiger partial charge in [-0.05, 0) is 38.1 Å². The van der Waals surface area contributed by atoms with Gasteiger partial charge in [0.05, 0.1) is 12.8 Å². The molecule has 2 rings (SSSR count). The molecule has 0 spiro atoms. The zero-order valence-corrected chi connectivity index (χ0v) is 13.7. The fourth-order valence-electron chi connectivity index (χ4n) is 1.94. The van der Waals surface area contributed by atoms with E-state index in [1.54, 1.807) is 12.1 Å². The zero-order valence-electron chi connectivity index (χ0n) is 13.7. The molecule has 0 saturated carbocycles. The van der Waals surface area contributed by atoms with Gasteiger partial charge in [0, 0.05) is 6.07 Å². The maximum Gasteiger partial charge on any atom is 0.261 e. The maximum atomic E-state index is 13.1. The number of halogens is 2. The Morgan fingerprint density at radius 2 is 1.92 bits per heavy atom. The summed E-state index contributed by atoms with van der Waals surface area (Å²) in [6, 6.07) is 5.56. The normalized spacial score (nSPS) is 13.0. The lowest BCUT2D eigenvalue weighted by molar-refractivity contribution is -0.132. The number of ether oxygens (including phenoxy) is 1. The second-order valence-corrected chi connectivity index (χ2v) is 5.36. The Morgan fingerprint density at radius 3 is 2.56 bits per heavy atom. The number of carbonyl (C=O) groups is 2. The topological polar surface area (TPSA) is 80.6 Å². The molecular formula is C17H18F2N2O4. The number of amides is 2. The van der Waals surface area contributed by atoms with Crippen LogP contribution in [0.25, 0.3) is 0 Å². The fourth-order valence-corrected chi connectivity index (χ4v) is 1.94. The van der Waals surface area contributed by atoms with E-state index >= 15 is 0 Å². The van der Waals surface area contributed by atoms with Crippen molar-refractivity contribution in [2.24, 2.45) is 0 Å². The Morgan fingerprint density at radius 1 is 1.16 bits per heavy atom. The van der Waals surface area contributed by atoms with E-state index in [1.807, 2.05) is 0 Å². The molecule has 25 heavy (non-hydrogen) atoms. The Kier molecular flexibility index (Phi) is 6.10. The summed E-state index contributed by atoms with van der Waals surface area (Å²) in [6.45, 7) is 3.15. The van der Waals surface area contributed by atoms with Gasteiger partial charge in [0.25, 0.3) is 5.91 Å². The molecule has 2 amide bonds. The van der Waals surface area contributed by atoms with Gasteiger partial charge in [-0.15, -0.1) is 0 Å². The van der Waals surface area contributed by atoms with Crippen molar-refractivity contribution in [3.05, 3.63) is 54.0 Å². The van der Waals surface area contributed by atoms with E-state index in [0.717, 1.165) is 12.1 Å². The third-order valence-electron chi connectivity index (χ3n) is 3.34. The average molecular weight is 352 g/mol. The van der Waals surface area contributed by atoms with E-state index in [1.165, 1.54) is 26.2 Å². The second-order valence-electron chi connectivity index (χ2n) is 5.36. The van der Waals surface area contributed by atoms with Crippen molar-refractivity contribution in [3.63, 3.8) is 0 Å². The highest BCUT2D eigenvalue weighted by Gasteiger charge is 2.21. The average Bonchev–Trinajstić information content (AvgIpc) is 3.09. The standard InChI is InChI=1S/C17H18F2N2O4/c1-10(16(22)20-9-13-4-3-7-24-13)21-17(23)11(2)25-12-5-6-14(18)15(19)8-12/h3-8,10-11H,9H2,1-2H3,(H,20,22)(H,21,23). The molecule has 1 aromatic heterocycles. The minimum atomic E-state index is -1.07. The Balaban J connectivity index is 1.82. The van der Waals surface area contributed by atoms with Crippen molar-refractivity contribution in [2.45, 2.75) is 32.5 Å². The monoisotopic (exact) mass is 352 g/mol. The Hall–Kier alpha value is -2.90. The van der Waals surface area contributed by atoms with Gasteiger partial charge in [0.15, 0.2) is 17.7 Å². The van der Waals surface area contributed by atoms with Gasteiger partial charge in [0.1, 0.15) is 17.6 Å². The van der Waals surface area contributed by atoms with Gasteiger partial charge in [-0.2, -0.15) is 0 Å². The first kappa shape index (κ1) is 18.4. The van der Waals surface area contributed by atoms with Crippen molar-refractivity contribution in [3.8, 4) is 5.75 Å². The third-order valence-corrected chi connectivity index (χ3v) is 3.34. The first-order valence-corrected chi connectivity index (χ1v) is 7.59. The second kappa shape index (κ2) is 8.27. The quantitative estimate of drug-likeness (QED) is 0.800. The van der Waals surface area contributed by atoms with Crippen LogP contribution in [0.15, 0.2) is 41.0 Å². The van der Waals surface area contributed by atoms with E-state index in [2.05, 4.69) is 10.6 Å². The Bertz CT molecular complexity index is 734. The molecule has 0 aliphatic heterocycles. The molecule has 0 fully saturated rings. The lowest BCUT2D eigenvalue weighted by Crippen LogP contribution is -2.48. The predicted octanol–water partition coefficient (Wildman–Crippen LogP) is 2.15. The van der Waals surface area contributed by atoms with Crippen molar-refractivity contribution < 1.29 is 27.5 Å². The lowest BCUT2D eigenvalue weighted by atomic mass is 10.2. The molecule has 6 nitrogen and oxygen atoms in total. The number of hydrogen-bond donors (Lipinski definition) is 2. The molecule has 2 aromatic rings. The van der Waals surface area contributed by atoms with Crippen molar-refractivity contribution in [1.82, 2.24) is 10.6 Å². The lowest BCUT2D eigenvalue weighted by Gasteiger charge is -2.18. The van der Waals surface area contributed by atoms with Crippen LogP contribution < -0.4 is 15.4 Å².